The van der Waals surface area contributed by atoms with Crippen molar-refractivity contribution < 1.29 is 14.4 Å². The fraction of sp³-hybridized carbons (Fsp3) is 0.389. The molecule has 1 N–H and O–H groups in total. The molecule has 0 radical (unpaired) electrons. The van der Waals surface area contributed by atoms with Crippen LogP contribution >= 0.6 is 0 Å². The van der Waals surface area contributed by atoms with Crippen molar-refractivity contribution >= 4 is 23.4 Å². The minimum absolute atomic E-state index is 0.210. The Morgan fingerprint density at radius 2 is 1.74 bits per heavy atom. The molecule has 3 rings (SSSR count). The fourth-order valence-electron chi connectivity index (χ4n) is 3.24. The number of carbonyl (C=O) groups excluding carboxylic acids is 3. The van der Waals surface area contributed by atoms with E-state index >= 15 is 0 Å². The molecule has 3 amide bonds. The van der Waals surface area contributed by atoms with Crippen LogP contribution in [0.1, 0.15) is 24.0 Å². The summed E-state index contributed by atoms with van der Waals surface area (Å²) in [7, 11) is 0. The number of likely N-dealkylation sites (tertiary alicyclic amines) is 1. The summed E-state index contributed by atoms with van der Waals surface area (Å²) in [5, 5.41) is 2.80. The molecule has 5 heteroatoms. The Bertz CT molecular complexity index is 682. The van der Waals surface area contributed by atoms with Gasteiger partial charge in [0.15, 0.2) is 0 Å². The van der Waals surface area contributed by atoms with Gasteiger partial charge in [-0.2, -0.15) is 0 Å². The fourth-order valence-corrected chi connectivity index (χ4v) is 3.24. The van der Waals surface area contributed by atoms with Gasteiger partial charge in [0.2, 0.25) is 17.7 Å². The van der Waals surface area contributed by atoms with Crippen LogP contribution in [0.4, 0.5) is 5.69 Å². The number of amides is 3. The minimum Gasteiger partial charge on any atom is -0.324 e. The number of aryl methyl sites for hydroxylation is 1. The third kappa shape index (κ3) is 2.79. The molecule has 1 aliphatic carbocycles. The maximum atomic E-state index is 12.4. The summed E-state index contributed by atoms with van der Waals surface area (Å²) >= 11 is 0. The average molecular weight is 312 g/mol. The Kier molecular flexibility index (Phi) is 4.03. The van der Waals surface area contributed by atoms with Crippen LogP contribution in [0.2, 0.25) is 0 Å². The van der Waals surface area contributed by atoms with Crippen molar-refractivity contribution in [1.82, 2.24) is 4.90 Å². The second kappa shape index (κ2) is 5.99. The van der Waals surface area contributed by atoms with Gasteiger partial charge in [0.05, 0.1) is 11.8 Å². The lowest BCUT2D eigenvalue weighted by Gasteiger charge is -2.15. The molecule has 1 fully saturated rings. The molecule has 2 atom stereocenters. The zero-order valence-corrected chi connectivity index (χ0v) is 13.3. The molecule has 0 aromatic heterocycles. The van der Waals surface area contributed by atoms with E-state index in [0.717, 1.165) is 16.0 Å². The highest BCUT2D eigenvalue weighted by atomic mass is 16.2. The van der Waals surface area contributed by atoms with Crippen LogP contribution in [0.5, 0.6) is 0 Å². The minimum atomic E-state index is -0.341. The van der Waals surface area contributed by atoms with E-state index in [1.807, 2.05) is 44.2 Å². The molecule has 1 heterocycles. The van der Waals surface area contributed by atoms with Crippen molar-refractivity contribution in [3.05, 3.63) is 41.5 Å². The summed E-state index contributed by atoms with van der Waals surface area (Å²) in [4.78, 5) is 38.1. The number of hydrogen-bond acceptors (Lipinski definition) is 3. The number of nitrogens with zero attached hydrogens (tertiary/aromatic N) is 1. The van der Waals surface area contributed by atoms with E-state index in [4.69, 9.17) is 0 Å². The summed E-state index contributed by atoms with van der Waals surface area (Å²) in [6, 6.07) is 5.65. The SMILES string of the molecule is Cc1cccc(NC(=O)CN2C(=O)C3CC=CCC3C2=O)c1C. The van der Waals surface area contributed by atoms with Gasteiger partial charge in [-0.15, -0.1) is 0 Å². The number of fused-ring (bicyclic) bond motifs is 1. The van der Waals surface area contributed by atoms with Crippen molar-refractivity contribution in [2.75, 3.05) is 11.9 Å². The summed E-state index contributed by atoms with van der Waals surface area (Å²) < 4.78 is 0. The van der Waals surface area contributed by atoms with Crippen molar-refractivity contribution in [2.24, 2.45) is 11.8 Å². The molecular weight excluding hydrogens is 292 g/mol. The van der Waals surface area contributed by atoms with Crippen LogP contribution < -0.4 is 5.32 Å². The zero-order valence-electron chi connectivity index (χ0n) is 13.3. The molecule has 1 aromatic rings. The maximum absolute atomic E-state index is 12.4. The number of hydrogen-bond donors (Lipinski definition) is 1. The summed E-state index contributed by atoms with van der Waals surface area (Å²) in [6.45, 7) is 3.69. The second-order valence-corrected chi connectivity index (χ2v) is 6.21. The van der Waals surface area contributed by atoms with Gasteiger partial charge in [0.25, 0.3) is 0 Å². The van der Waals surface area contributed by atoms with Gasteiger partial charge < -0.3 is 5.32 Å². The van der Waals surface area contributed by atoms with Gasteiger partial charge in [-0.25, -0.2) is 0 Å². The van der Waals surface area contributed by atoms with Gasteiger partial charge in [0, 0.05) is 5.69 Å². The highest BCUT2D eigenvalue weighted by molar-refractivity contribution is 6.08. The molecule has 1 saturated heterocycles. The van der Waals surface area contributed by atoms with Crippen LogP contribution in [0.3, 0.4) is 0 Å². The molecular formula is C18H20N2O3. The number of nitrogens with one attached hydrogen (secondary N) is 1. The van der Waals surface area contributed by atoms with E-state index in [2.05, 4.69) is 5.32 Å². The molecule has 120 valence electrons. The number of imide groups is 1. The largest absolute Gasteiger partial charge is 0.324 e. The molecule has 1 aliphatic heterocycles. The second-order valence-electron chi connectivity index (χ2n) is 6.21. The quantitative estimate of drug-likeness (QED) is 0.687. The lowest BCUT2D eigenvalue weighted by Crippen LogP contribution is -2.38. The Hall–Kier alpha value is -2.43. The first-order chi connectivity index (χ1) is 11.0. The molecule has 0 saturated carbocycles. The lowest BCUT2D eigenvalue weighted by molar-refractivity contribution is -0.142. The number of allylic oxidation sites excluding steroid dienone is 2. The van der Waals surface area contributed by atoms with Gasteiger partial charge in [-0.05, 0) is 43.9 Å². The van der Waals surface area contributed by atoms with E-state index in [0.29, 0.717) is 18.5 Å². The first-order valence-corrected chi connectivity index (χ1v) is 7.85. The molecule has 1 aromatic carbocycles. The smallest absolute Gasteiger partial charge is 0.244 e. The molecule has 0 bridgehead atoms. The average Bonchev–Trinajstić information content (AvgIpc) is 2.77. The normalized spacial score (nSPS) is 23.1. The summed E-state index contributed by atoms with van der Waals surface area (Å²) in [5.74, 6) is -1.37. The third-order valence-corrected chi connectivity index (χ3v) is 4.78. The van der Waals surface area contributed by atoms with E-state index in [-0.39, 0.29) is 36.1 Å². The Morgan fingerprint density at radius 1 is 1.13 bits per heavy atom. The molecule has 23 heavy (non-hydrogen) atoms. The van der Waals surface area contributed by atoms with Crippen LogP contribution in [0.15, 0.2) is 30.4 Å². The number of carbonyl (C=O) groups is 3. The zero-order chi connectivity index (χ0) is 16.6. The van der Waals surface area contributed by atoms with Crippen molar-refractivity contribution in [3.8, 4) is 0 Å². The molecule has 5 nitrogen and oxygen atoms in total. The maximum Gasteiger partial charge on any atom is 0.244 e. The highest BCUT2D eigenvalue weighted by Crippen LogP contribution is 2.34. The Morgan fingerprint density at radius 3 is 2.35 bits per heavy atom. The first kappa shape index (κ1) is 15.5. The molecule has 2 aliphatic rings. The Labute approximate surface area is 135 Å². The highest BCUT2D eigenvalue weighted by Gasteiger charge is 2.47. The van der Waals surface area contributed by atoms with E-state index in [1.165, 1.54) is 0 Å². The Balaban J connectivity index is 1.70. The first-order valence-electron chi connectivity index (χ1n) is 7.85. The summed E-state index contributed by atoms with van der Waals surface area (Å²) in [5.41, 5.74) is 2.78. The van der Waals surface area contributed by atoms with Gasteiger partial charge >= 0.3 is 0 Å². The number of benzene rings is 1. The monoisotopic (exact) mass is 312 g/mol. The van der Waals surface area contributed by atoms with Crippen LogP contribution in [-0.2, 0) is 14.4 Å². The number of anilines is 1. The van der Waals surface area contributed by atoms with E-state index in [9.17, 15) is 14.4 Å². The van der Waals surface area contributed by atoms with Crippen LogP contribution in [0.25, 0.3) is 0 Å². The molecule has 2 unspecified atom stereocenters. The van der Waals surface area contributed by atoms with E-state index in [1.54, 1.807) is 0 Å². The van der Waals surface area contributed by atoms with Crippen molar-refractivity contribution in [2.45, 2.75) is 26.7 Å². The van der Waals surface area contributed by atoms with Crippen LogP contribution in [0, 0.1) is 25.7 Å². The topological polar surface area (TPSA) is 66.5 Å². The molecule has 0 spiro atoms. The predicted molar refractivity (Wildman–Crippen MR) is 86.6 cm³/mol. The van der Waals surface area contributed by atoms with Gasteiger partial charge in [-0.1, -0.05) is 24.3 Å². The number of rotatable bonds is 3. The summed E-state index contributed by atoms with van der Waals surface area (Å²) in [6.07, 6.45) is 5.05. The lowest BCUT2D eigenvalue weighted by atomic mass is 9.85. The van der Waals surface area contributed by atoms with Crippen molar-refractivity contribution in [3.63, 3.8) is 0 Å². The standard InChI is InChI=1S/C18H20N2O3/c1-11-6-5-9-15(12(11)2)19-16(21)10-20-17(22)13-7-3-4-8-14(13)18(20)23/h3-6,9,13-14H,7-8,10H2,1-2H3,(H,19,21). The predicted octanol–water partition coefficient (Wildman–Crippen LogP) is 2.19. The third-order valence-electron chi connectivity index (χ3n) is 4.78. The van der Waals surface area contributed by atoms with Gasteiger partial charge in [-0.3, -0.25) is 19.3 Å². The van der Waals surface area contributed by atoms with Gasteiger partial charge in [0.1, 0.15) is 6.54 Å². The van der Waals surface area contributed by atoms with Crippen LogP contribution in [-0.4, -0.2) is 29.2 Å². The van der Waals surface area contributed by atoms with Crippen molar-refractivity contribution in [1.29, 1.82) is 0 Å². The van der Waals surface area contributed by atoms with E-state index < -0.39 is 0 Å².